The fraction of sp³-hybridized carbons (Fsp3) is 0.529. The lowest BCUT2D eigenvalue weighted by Gasteiger charge is -2.30. The van der Waals surface area contributed by atoms with E-state index >= 15 is 0 Å². The summed E-state index contributed by atoms with van der Waals surface area (Å²) < 4.78 is 6.17. The summed E-state index contributed by atoms with van der Waals surface area (Å²) in [5.41, 5.74) is 7.23. The van der Waals surface area contributed by atoms with Gasteiger partial charge in [0.05, 0.1) is 13.0 Å². The first kappa shape index (κ1) is 17.1. The summed E-state index contributed by atoms with van der Waals surface area (Å²) in [6.45, 7) is 4.62. The molecule has 2 N–H and O–H groups in total. The van der Waals surface area contributed by atoms with Gasteiger partial charge in [0.2, 0.25) is 11.8 Å². The molecule has 0 fully saturated rings. The molecule has 0 saturated heterocycles. The number of rotatable bonds is 2. The van der Waals surface area contributed by atoms with Gasteiger partial charge in [0.15, 0.2) is 0 Å². The van der Waals surface area contributed by atoms with Gasteiger partial charge in [-0.3, -0.25) is 9.59 Å². The summed E-state index contributed by atoms with van der Waals surface area (Å²) in [5.74, 6) is 0.779. The van der Waals surface area contributed by atoms with Gasteiger partial charge < -0.3 is 20.3 Å². The van der Waals surface area contributed by atoms with Crippen LogP contribution in [-0.2, 0) is 16.0 Å². The highest BCUT2D eigenvalue weighted by Crippen LogP contribution is 2.27. The summed E-state index contributed by atoms with van der Waals surface area (Å²) in [5, 5.41) is 0. The highest BCUT2D eigenvalue weighted by molar-refractivity contribution is 5.80. The summed E-state index contributed by atoms with van der Waals surface area (Å²) in [6.07, 6.45) is 0.0680. The van der Waals surface area contributed by atoms with Gasteiger partial charge in [-0.1, -0.05) is 6.92 Å². The number of likely N-dealkylation sites (N-methyl/N-ethyl adjacent to an activating group) is 2. The summed E-state index contributed by atoms with van der Waals surface area (Å²) >= 11 is 0. The van der Waals surface area contributed by atoms with E-state index in [2.05, 4.69) is 0 Å². The largest absolute Gasteiger partial charge is 0.488 e. The number of nitrogens with zero attached hydrogens (tertiary/aromatic N) is 2. The SMILES string of the molecule is CC(=O)N(C)C[C@H]1Oc2ccc(N)cc2CC(=O)N(C)C[C@@H]1C. The van der Waals surface area contributed by atoms with Crippen LogP contribution in [0, 0.1) is 5.92 Å². The summed E-state index contributed by atoms with van der Waals surface area (Å²) in [7, 11) is 3.55. The van der Waals surface area contributed by atoms with Gasteiger partial charge in [0.1, 0.15) is 11.9 Å². The van der Waals surface area contributed by atoms with Crippen molar-refractivity contribution < 1.29 is 14.3 Å². The van der Waals surface area contributed by atoms with E-state index in [0.29, 0.717) is 24.5 Å². The molecule has 0 spiro atoms. The first-order valence-corrected chi connectivity index (χ1v) is 7.78. The molecule has 0 aliphatic carbocycles. The number of nitrogen functional groups attached to an aromatic ring is 1. The number of nitrogens with two attached hydrogens (primary N) is 1. The second-order valence-electron chi connectivity index (χ2n) is 6.35. The Hall–Kier alpha value is -2.24. The molecule has 0 saturated carbocycles. The number of hydrogen-bond acceptors (Lipinski definition) is 4. The molecule has 2 amide bonds. The minimum absolute atomic E-state index is 0.0115. The highest BCUT2D eigenvalue weighted by Gasteiger charge is 2.28. The molecule has 0 aromatic heterocycles. The van der Waals surface area contributed by atoms with Crippen LogP contribution in [0.2, 0.25) is 0 Å². The Morgan fingerprint density at radius 3 is 2.83 bits per heavy atom. The predicted molar refractivity (Wildman–Crippen MR) is 89.1 cm³/mol. The van der Waals surface area contributed by atoms with E-state index in [1.54, 1.807) is 42.1 Å². The maximum atomic E-state index is 12.3. The van der Waals surface area contributed by atoms with Gasteiger partial charge >= 0.3 is 0 Å². The monoisotopic (exact) mass is 319 g/mol. The van der Waals surface area contributed by atoms with Crippen molar-refractivity contribution in [2.45, 2.75) is 26.4 Å². The predicted octanol–water partition coefficient (Wildman–Crippen LogP) is 1.15. The van der Waals surface area contributed by atoms with Crippen molar-refractivity contribution in [2.75, 3.05) is 32.9 Å². The highest BCUT2D eigenvalue weighted by atomic mass is 16.5. The number of anilines is 1. The zero-order valence-corrected chi connectivity index (χ0v) is 14.2. The van der Waals surface area contributed by atoms with Gasteiger partial charge in [0.25, 0.3) is 0 Å². The lowest BCUT2D eigenvalue weighted by molar-refractivity contribution is -0.131. The Morgan fingerprint density at radius 2 is 2.17 bits per heavy atom. The molecule has 2 atom stereocenters. The van der Waals surface area contributed by atoms with Crippen LogP contribution < -0.4 is 10.5 Å². The van der Waals surface area contributed by atoms with E-state index in [1.165, 1.54) is 6.92 Å². The third-order valence-electron chi connectivity index (χ3n) is 4.32. The van der Waals surface area contributed by atoms with Crippen molar-refractivity contribution in [1.29, 1.82) is 0 Å². The molecule has 1 heterocycles. The van der Waals surface area contributed by atoms with E-state index in [0.717, 1.165) is 5.56 Å². The van der Waals surface area contributed by atoms with E-state index in [9.17, 15) is 9.59 Å². The quantitative estimate of drug-likeness (QED) is 0.830. The normalized spacial score (nSPS) is 21.6. The smallest absolute Gasteiger partial charge is 0.226 e. The molecule has 1 aromatic rings. The number of benzene rings is 1. The van der Waals surface area contributed by atoms with Crippen LogP contribution in [0.15, 0.2) is 18.2 Å². The standard InChI is InChI=1S/C17H25N3O3/c1-11-9-20(4)17(22)8-13-7-14(18)5-6-15(13)23-16(11)10-19(3)12(2)21/h5-7,11,16H,8-10,18H2,1-4H3/t11-,16+/m0/s1. The molecule has 1 aliphatic rings. The Balaban J connectivity index is 2.35. The molecule has 1 aromatic carbocycles. The maximum absolute atomic E-state index is 12.3. The number of hydrogen-bond donors (Lipinski definition) is 1. The van der Waals surface area contributed by atoms with Crippen LogP contribution in [0.4, 0.5) is 5.69 Å². The van der Waals surface area contributed by atoms with E-state index < -0.39 is 0 Å². The van der Waals surface area contributed by atoms with Crippen LogP contribution >= 0.6 is 0 Å². The molecule has 6 heteroatoms. The molecule has 0 unspecified atom stereocenters. The van der Waals surface area contributed by atoms with Gasteiger partial charge in [-0.05, 0) is 18.2 Å². The van der Waals surface area contributed by atoms with Gasteiger partial charge in [-0.15, -0.1) is 0 Å². The van der Waals surface area contributed by atoms with E-state index in [4.69, 9.17) is 10.5 Å². The van der Waals surface area contributed by atoms with Crippen molar-refractivity contribution in [3.63, 3.8) is 0 Å². The average Bonchev–Trinajstić information content (AvgIpc) is 2.51. The van der Waals surface area contributed by atoms with Gasteiger partial charge in [0, 0.05) is 44.7 Å². The number of fused-ring (bicyclic) bond motifs is 1. The molecule has 0 bridgehead atoms. The minimum atomic E-state index is -0.195. The Labute approximate surface area is 137 Å². The summed E-state index contributed by atoms with van der Waals surface area (Å²) in [6, 6.07) is 5.35. The van der Waals surface area contributed by atoms with Crippen molar-refractivity contribution >= 4 is 17.5 Å². The lowest BCUT2D eigenvalue weighted by atomic mass is 10.0. The van der Waals surface area contributed by atoms with Gasteiger partial charge in [-0.2, -0.15) is 0 Å². The zero-order valence-electron chi connectivity index (χ0n) is 14.2. The maximum Gasteiger partial charge on any atom is 0.226 e. The Morgan fingerprint density at radius 1 is 1.48 bits per heavy atom. The van der Waals surface area contributed by atoms with Crippen molar-refractivity contribution in [3.8, 4) is 5.75 Å². The van der Waals surface area contributed by atoms with Crippen LogP contribution in [0.5, 0.6) is 5.75 Å². The molecule has 0 radical (unpaired) electrons. The molecule has 126 valence electrons. The second-order valence-corrected chi connectivity index (χ2v) is 6.35. The Kier molecular flexibility index (Phi) is 5.13. The number of ether oxygens (including phenoxy) is 1. The zero-order chi connectivity index (χ0) is 17.1. The molecular formula is C17H25N3O3. The van der Waals surface area contributed by atoms with E-state index in [-0.39, 0.29) is 30.3 Å². The number of amides is 2. The van der Waals surface area contributed by atoms with Crippen LogP contribution in [0.3, 0.4) is 0 Å². The number of carbonyl (C=O) groups excluding carboxylic acids is 2. The minimum Gasteiger partial charge on any atom is -0.488 e. The molecule has 2 rings (SSSR count). The second kappa shape index (κ2) is 6.89. The van der Waals surface area contributed by atoms with Crippen molar-refractivity contribution in [3.05, 3.63) is 23.8 Å². The van der Waals surface area contributed by atoms with Crippen LogP contribution in [0.25, 0.3) is 0 Å². The fourth-order valence-corrected chi connectivity index (χ4v) is 2.70. The van der Waals surface area contributed by atoms with Gasteiger partial charge in [-0.25, -0.2) is 0 Å². The van der Waals surface area contributed by atoms with Crippen molar-refractivity contribution in [1.82, 2.24) is 9.80 Å². The lowest BCUT2D eigenvalue weighted by Crippen LogP contribution is -2.43. The van der Waals surface area contributed by atoms with Crippen LogP contribution in [0.1, 0.15) is 19.4 Å². The summed E-state index contributed by atoms with van der Waals surface area (Å²) in [4.78, 5) is 27.2. The molecule has 23 heavy (non-hydrogen) atoms. The average molecular weight is 319 g/mol. The third kappa shape index (κ3) is 4.15. The topological polar surface area (TPSA) is 75.9 Å². The molecule has 1 aliphatic heterocycles. The Bertz CT molecular complexity index is 603. The number of carbonyl (C=O) groups is 2. The molecule has 6 nitrogen and oxygen atoms in total. The first-order valence-electron chi connectivity index (χ1n) is 7.78. The van der Waals surface area contributed by atoms with Crippen molar-refractivity contribution in [2.24, 2.45) is 5.92 Å². The molecular weight excluding hydrogens is 294 g/mol. The fourth-order valence-electron chi connectivity index (χ4n) is 2.70. The first-order chi connectivity index (χ1) is 10.8. The third-order valence-corrected chi connectivity index (χ3v) is 4.32. The van der Waals surface area contributed by atoms with E-state index in [1.807, 2.05) is 6.92 Å². The van der Waals surface area contributed by atoms with Crippen LogP contribution in [-0.4, -0.2) is 54.9 Å².